The van der Waals surface area contributed by atoms with Gasteiger partial charge < -0.3 is 10.1 Å². The Balaban J connectivity index is 1.60. The average Bonchev–Trinajstić information content (AvgIpc) is 2.97. The third kappa shape index (κ3) is 3.81. The van der Waals surface area contributed by atoms with Crippen LogP contribution in [0, 0.1) is 11.3 Å². The molecular weight excluding hydrogens is 304 g/mol. The first-order valence-electron chi connectivity index (χ1n) is 9.06. The molecule has 0 aromatic carbocycles. The first-order valence-corrected chi connectivity index (χ1v) is 9.06. The van der Waals surface area contributed by atoms with Gasteiger partial charge in [-0.2, -0.15) is 5.10 Å². The summed E-state index contributed by atoms with van der Waals surface area (Å²) in [7, 11) is 1.96. The topological polar surface area (TPSA) is 59.4 Å². The van der Waals surface area contributed by atoms with Gasteiger partial charge in [-0.15, -0.1) is 0 Å². The Labute approximate surface area is 144 Å². The van der Waals surface area contributed by atoms with Crippen LogP contribution in [0.25, 0.3) is 0 Å². The number of nitrogens with one attached hydrogen (secondary N) is 1. The van der Waals surface area contributed by atoms with E-state index in [1.165, 1.54) is 5.56 Å². The van der Waals surface area contributed by atoms with Crippen LogP contribution in [0.1, 0.15) is 38.7 Å². The Morgan fingerprint density at radius 3 is 2.79 bits per heavy atom. The molecule has 0 radical (unpaired) electrons. The highest BCUT2D eigenvalue weighted by Gasteiger charge is 2.44. The zero-order valence-corrected chi connectivity index (χ0v) is 15.1. The lowest BCUT2D eigenvalue weighted by Crippen LogP contribution is -2.58. The van der Waals surface area contributed by atoms with Gasteiger partial charge in [0, 0.05) is 37.9 Å². The highest BCUT2D eigenvalue weighted by Crippen LogP contribution is 2.41. The molecule has 1 amide bonds. The van der Waals surface area contributed by atoms with Crippen molar-refractivity contribution in [3.8, 4) is 0 Å². The van der Waals surface area contributed by atoms with Gasteiger partial charge in [0.05, 0.1) is 18.8 Å². The lowest BCUT2D eigenvalue weighted by atomic mass is 9.69. The molecule has 1 N–H and O–H groups in total. The van der Waals surface area contributed by atoms with Crippen LogP contribution in [0.15, 0.2) is 12.4 Å². The fraction of sp³-hybridized carbons (Fsp3) is 0.778. The van der Waals surface area contributed by atoms with Gasteiger partial charge in [0.2, 0.25) is 5.91 Å². The minimum Gasteiger partial charge on any atom is -0.379 e. The van der Waals surface area contributed by atoms with Crippen LogP contribution >= 0.6 is 0 Å². The summed E-state index contributed by atoms with van der Waals surface area (Å²) >= 11 is 0. The highest BCUT2D eigenvalue weighted by atomic mass is 16.5. The van der Waals surface area contributed by atoms with Crippen molar-refractivity contribution in [2.45, 2.75) is 45.7 Å². The maximum Gasteiger partial charge on any atom is 0.222 e. The zero-order chi connectivity index (χ0) is 17.2. The van der Waals surface area contributed by atoms with Crippen LogP contribution in [-0.4, -0.2) is 52.9 Å². The lowest BCUT2D eigenvalue weighted by Gasteiger charge is -2.49. The van der Waals surface area contributed by atoms with E-state index in [4.69, 9.17) is 4.74 Å². The van der Waals surface area contributed by atoms with Crippen LogP contribution in [0.3, 0.4) is 0 Å². The van der Waals surface area contributed by atoms with E-state index < -0.39 is 0 Å². The standard InChI is InChI=1S/C18H30N4O2/c1-14(2)17(23)20-16-13-24-9-6-18(16)4-7-22(8-5-18)12-15-10-19-21(3)11-15/h10-11,14,16H,4-9,12-13H2,1-3H3,(H,20,23). The molecule has 2 aliphatic heterocycles. The second-order valence-electron chi connectivity index (χ2n) is 7.70. The summed E-state index contributed by atoms with van der Waals surface area (Å²) in [6, 6.07) is 0.154. The molecule has 0 bridgehead atoms. The van der Waals surface area contributed by atoms with Gasteiger partial charge in [-0.3, -0.25) is 14.4 Å². The van der Waals surface area contributed by atoms with Gasteiger partial charge >= 0.3 is 0 Å². The molecule has 2 saturated heterocycles. The highest BCUT2D eigenvalue weighted by molar-refractivity contribution is 5.78. The number of carbonyl (C=O) groups is 1. The van der Waals surface area contributed by atoms with Crippen molar-refractivity contribution in [3.63, 3.8) is 0 Å². The van der Waals surface area contributed by atoms with Crippen molar-refractivity contribution in [1.29, 1.82) is 0 Å². The number of ether oxygens (including phenoxy) is 1. The summed E-state index contributed by atoms with van der Waals surface area (Å²) in [6.45, 7) is 8.47. The van der Waals surface area contributed by atoms with Gasteiger partial charge in [-0.25, -0.2) is 0 Å². The first-order chi connectivity index (χ1) is 11.5. The average molecular weight is 334 g/mol. The summed E-state index contributed by atoms with van der Waals surface area (Å²) in [4.78, 5) is 14.7. The first kappa shape index (κ1) is 17.4. The van der Waals surface area contributed by atoms with Crippen LogP contribution in [0.2, 0.25) is 0 Å². The predicted octanol–water partition coefficient (Wildman–Crippen LogP) is 1.56. The van der Waals surface area contributed by atoms with E-state index in [9.17, 15) is 4.79 Å². The normalized spacial score (nSPS) is 24.4. The Bertz CT molecular complexity index is 561. The maximum absolute atomic E-state index is 12.2. The number of piperidine rings is 1. The second-order valence-corrected chi connectivity index (χ2v) is 7.70. The smallest absolute Gasteiger partial charge is 0.222 e. The summed E-state index contributed by atoms with van der Waals surface area (Å²) in [5, 5.41) is 7.50. The quantitative estimate of drug-likeness (QED) is 0.908. The molecule has 0 aliphatic carbocycles. The van der Waals surface area contributed by atoms with E-state index in [0.717, 1.165) is 45.5 Å². The molecule has 1 unspecified atom stereocenters. The van der Waals surface area contributed by atoms with E-state index in [2.05, 4.69) is 21.5 Å². The van der Waals surface area contributed by atoms with Gasteiger partial charge in [-0.05, 0) is 37.8 Å². The van der Waals surface area contributed by atoms with Gasteiger partial charge in [-0.1, -0.05) is 13.8 Å². The molecular formula is C18H30N4O2. The van der Waals surface area contributed by atoms with Gasteiger partial charge in [0.15, 0.2) is 0 Å². The van der Waals surface area contributed by atoms with E-state index in [1.54, 1.807) is 0 Å². The lowest BCUT2D eigenvalue weighted by molar-refractivity contribution is -0.129. The third-order valence-corrected chi connectivity index (χ3v) is 5.63. The fourth-order valence-corrected chi connectivity index (χ4v) is 3.93. The van der Waals surface area contributed by atoms with Gasteiger partial charge in [0.25, 0.3) is 0 Å². The number of hydrogen-bond acceptors (Lipinski definition) is 4. The minimum absolute atomic E-state index is 0.0228. The molecule has 2 aliphatic rings. The van der Waals surface area contributed by atoms with Crippen molar-refractivity contribution in [2.24, 2.45) is 18.4 Å². The molecule has 1 aromatic heterocycles. The molecule has 3 rings (SSSR count). The molecule has 6 nitrogen and oxygen atoms in total. The van der Waals surface area contributed by atoms with E-state index in [-0.39, 0.29) is 23.3 Å². The summed E-state index contributed by atoms with van der Waals surface area (Å²) in [5.41, 5.74) is 1.47. The number of aryl methyl sites for hydroxylation is 1. The zero-order valence-electron chi connectivity index (χ0n) is 15.1. The number of rotatable bonds is 4. The Kier molecular flexibility index (Phi) is 5.25. The summed E-state index contributed by atoms with van der Waals surface area (Å²) in [6.07, 6.45) is 7.34. The summed E-state index contributed by atoms with van der Waals surface area (Å²) in [5.74, 6) is 0.164. The van der Waals surface area contributed by atoms with Crippen molar-refractivity contribution in [2.75, 3.05) is 26.3 Å². The number of hydrogen-bond donors (Lipinski definition) is 1. The number of amides is 1. The molecule has 1 spiro atoms. The number of carbonyl (C=O) groups excluding carboxylic acids is 1. The molecule has 1 atom stereocenters. The monoisotopic (exact) mass is 334 g/mol. The fourth-order valence-electron chi connectivity index (χ4n) is 3.93. The second kappa shape index (κ2) is 7.23. The molecule has 134 valence electrons. The number of nitrogens with zero attached hydrogens (tertiary/aromatic N) is 3. The minimum atomic E-state index is 0.0228. The van der Waals surface area contributed by atoms with Crippen molar-refractivity contribution in [3.05, 3.63) is 18.0 Å². The third-order valence-electron chi connectivity index (χ3n) is 5.63. The van der Waals surface area contributed by atoms with E-state index in [1.807, 2.05) is 31.8 Å². The van der Waals surface area contributed by atoms with Crippen LogP contribution < -0.4 is 5.32 Å². The molecule has 1 aromatic rings. The van der Waals surface area contributed by atoms with Crippen LogP contribution in [0.4, 0.5) is 0 Å². The summed E-state index contributed by atoms with van der Waals surface area (Å²) < 4.78 is 7.53. The van der Waals surface area contributed by atoms with Crippen molar-refractivity contribution >= 4 is 5.91 Å². The van der Waals surface area contributed by atoms with Gasteiger partial charge in [0.1, 0.15) is 0 Å². The Morgan fingerprint density at radius 1 is 1.42 bits per heavy atom. The molecule has 3 heterocycles. The largest absolute Gasteiger partial charge is 0.379 e. The maximum atomic E-state index is 12.2. The predicted molar refractivity (Wildman–Crippen MR) is 92.4 cm³/mol. The Morgan fingerprint density at radius 2 is 2.17 bits per heavy atom. The van der Waals surface area contributed by atoms with Crippen LogP contribution in [-0.2, 0) is 23.1 Å². The molecule has 0 saturated carbocycles. The Hall–Kier alpha value is -1.40. The van der Waals surface area contributed by atoms with Crippen molar-refractivity contribution < 1.29 is 9.53 Å². The SMILES string of the molecule is CC(C)C(=O)NC1COCCC12CCN(Cc1cnn(C)c1)CC2. The molecule has 24 heavy (non-hydrogen) atoms. The van der Waals surface area contributed by atoms with Crippen molar-refractivity contribution in [1.82, 2.24) is 20.0 Å². The van der Waals surface area contributed by atoms with E-state index >= 15 is 0 Å². The molecule has 2 fully saturated rings. The molecule has 6 heteroatoms. The number of aromatic nitrogens is 2. The number of likely N-dealkylation sites (tertiary alicyclic amines) is 1. The van der Waals surface area contributed by atoms with E-state index in [0.29, 0.717) is 6.61 Å². The van der Waals surface area contributed by atoms with Crippen LogP contribution in [0.5, 0.6) is 0 Å².